The lowest BCUT2D eigenvalue weighted by molar-refractivity contribution is -0.279. The maximum Gasteiger partial charge on any atom is 0.344 e. The number of esters is 7. The van der Waals surface area contributed by atoms with Crippen molar-refractivity contribution in [3.05, 3.63) is 23.8 Å². The lowest BCUT2D eigenvalue weighted by Crippen LogP contribution is -2.76. The molecular formula is C40H56O17. The van der Waals surface area contributed by atoms with E-state index >= 15 is 0 Å². The molecule has 1 unspecified atom stereocenters. The highest BCUT2D eigenvalue weighted by atomic mass is 16.7. The third-order valence-electron chi connectivity index (χ3n) is 10.7. The molecule has 3 fully saturated rings. The summed E-state index contributed by atoms with van der Waals surface area (Å²) in [7, 11) is 0. The minimum atomic E-state index is -2.42. The van der Waals surface area contributed by atoms with Gasteiger partial charge in [0.1, 0.15) is 17.8 Å². The van der Waals surface area contributed by atoms with E-state index in [0.29, 0.717) is 5.57 Å². The SMILES string of the molecule is CCOCC1=C/[C@@H]2OC(=O)[C@H](C)[C@@]2(O)[C@@H](OC(C)=O)[C@H]2[C@@]3(CO3)[C@H](OC(=O)CC(C)C)C(OC(C)=O)[C@H](OC(C)=O)[C@]2(C)[C@@H](OC(=O)COC(=O)CC(C)C)/C=C\1. The van der Waals surface area contributed by atoms with Crippen LogP contribution in [0.1, 0.15) is 82.1 Å². The number of fused-ring (bicyclic) bond motifs is 3. The summed E-state index contributed by atoms with van der Waals surface area (Å²) in [5, 5.41) is 13.0. The molecule has 0 amide bonds. The van der Waals surface area contributed by atoms with Gasteiger partial charge in [-0.3, -0.25) is 28.8 Å². The standard InChI is InChI=1S/C40H56O17/c1-11-49-17-26-12-13-27(55-31(46)18-50-29(44)14-20(2)3)38(10)33(36(54-25(9)43)40(48)22(6)37(47)56-28(40)16-26)39(19-51-39)35(57-30(45)15-21(4)5)32(52-23(7)41)34(38)53-24(8)42/h12-13,16,20-22,27-28,32-36,48H,11,14-15,17-19H2,1-10H3/b13-12-,26-16+/t22-,27-,28-,32?,33+,34-,35+,36-,38+,39-,40-/m0/s1. The molecule has 4 rings (SSSR count). The van der Waals surface area contributed by atoms with Crippen LogP contribution in [0.5, 0.6) is 0 Å². The van der Waals surface area contributed by atoms with Gasteiger partial charge < -0.3 is 47.7 Å². The predicted molar refractivity (Wildman–Crippen MR) is 194 cm³/mol. The van der Waals surface area contributed by atoms with Crippen LogP contribution in [0.25, 0.3) is 0 Å². The Kier molecular flexibility index (Phi) is 14.4. The van der Waals surface area contributed by atoms with E-state index in [1.807, 2.05) is 0 Å². The van der Waals surface area contributed by atoms with Gasteiger partial charge in [0.2, 0.25) is 0 Å². The van der Waals surface area contributed by atoms with Crippen LogP contribution >= 0.6 is 0 Å². The lowest BCUT2D eigenvalue weighted by Gasteiger charge is -2.59. The van der Waals surface area contributed by atoms with E-state index in [9.17, 15) is 38.7 Å². The first kappa shape index (κ1) is 45.4. The van der Waals surface area contributed by atoms with Crippen molar-refractivity contribution >= 4 is 41.8 Å². The normalized spacial score (nSPS) is 35.7. The van der Waals surface area contributed by atoms with E-state index in [1.54, 1.807) is 34.6 Å². The molecule has 2 heterocycles. The molecule has 17 nitrogen and oxygen atoms in total. The van der Waals surface area contributed by atoms with E-state index in [1.165, 1.54) is 32.1 Å². The Morgan fingerprint density at radius 1 is 0.842 bits per heavy atom. The summed E-state index contributed by atoms with van der Waals surface area (Å²) in [5.74, 6) is -9.18. The number of rotatable bonds is 14. The summed E-state index contributed by atoms with van der Waals surface area (Å²) >= 11 is 0. The highest BCUT2D eigenvalue weighted by Crippen LogP contribution is 2.63. The summed E-state index contributed by atoms with van der Waals surface area (Å²) in [4.78, 5) is 92.5. The number of carbonyl (C=O) groups excluding carboxylic acids is 7. The van der Waals surface area contributed by atoms with Crippen molar-refractivity contribution in [2.24, 2.45) is 29.1 Å². The van der Waals surface area contributed by atoms with Crippen LogP contribution < -0.4 is 0 Å². The molecule has 1 N–H and O–H groups in total. The molecule has 2 aliphatic carbocycles. The Labute approximate surface area is 332 Å². The monoisotopic (exact) mass is 808 g/mol. The summed E-state index contributed by atoms with van der Waals surface area (Å²) in [6.45, 7) is 14.0. The van der Waals surface area contributed by atoms with Gasteiger partial charge in [-0.05, 0) is 43.4 Å². The van der Waals surface area contributed by atoms with E-state index in [-0.39, 0.29) is 44.5 Å². The molecule has 0 bridgehead atoms. The van der Waals surface area contributed by atoms with E-state index in [2.05, 4.69) is 0 Å². The maximum absolute atomic E-state index is 13.7. The second-order valence-electron chi connectivity index (χ2n) is 16.1. The second-order valence-corrected chi connectivity index (χ2v) is 16.1. The lowest BCUT2D eigenvalue weighted by atomic mass is 9.51. The van der Waals surface area contributed by atoms with Crippen LogP contribution in [0.15, 0.2) is 23.8 Å². The van der Waals surface area contributed by atoms with Crippen LogP contribution in [0, 0.1) is 29.1 Å². The topological polar surface area (TPSA) is 226 Å². The van der Waals surface area contributed by atoms with Crippen LogP contribution in [0.2, 0.25) is 0 Å². The molecule has 318 valence electrons. The zero-order chi connectivity index (χ0) is 42.6. The highest BCUT2D eigenvalue weighted by Gasteiger charge is 2.81. The molecule has 0 aromatic rings. The first-order chi connectivity index (χ1) is 26.6. The quantitative estimate of drug-likeness (QED) is 0.151. The summed E-state index contributed by atoms with van der Waals surface area (Å²) < 4.78 is 53.0. The van der Waals surface area contributed by atoms with Gasteiger partial charge in [-0.25, -0.2) is 4.79 Å². The van der Waals surface area contributed by atoms with E-state index < -0.39 is 113 Å². The predicted octanol–water partition coefficient (Wildman–Crippen LogP) is 2.47. The first-order valence-corrected chi connectivity index (χ1v) is 19.2. The smallest absolute Gasteiger partial charge is 0.344 e. The summed E-state index contributed by atoms with van der Waals surface area (Å²) in [5.41, 5.74) is -5.89. The molecule has 1 spiro atoms. The van der Waals surface area contributed by atoms with Gasteiger partial charge in [-0.15, -0.1) is 0 Å². The molecule has 0 radical (unpaired) electrons. The number of hydrogen-bond donors (Lipinski definition) is 1. The van der Waals surface area contributed by atoms with Gasteiger partial charge in [0, 0.05) is 46.1 Å². The first-order valence-electron chi connectivity index (χ1n) is 19.2. The number of epoxide rings is 1. The van der Waals surface area contributed by atoms with Gasteiger partial charge >= 0.3 is 41.8 Å². The Balaban J connectivity index is 2.10. The second kappa shape index (κ2) is 18.1. The molecular weight excluding hydrogens is 752 g/mol. The number of hydrogen-bond acceptors (Lipinski definition) is 17. The Morgan fingerprint density at radius 3 is 1.96 bits per heavy atom. The van der Waals surface area contributed by atoms with Crippen molar-refractivity contribution in [1.82, 2.24) is 0 Å². The average Bonchev–Trinajstić information content (AvgIpc) is 3.85. The van der Waals surface area contributed by atoms with Crippen molar-refractivity contribution in [3.63, 3.8) is 0 Å². The molecule has 0 aromatic carbocycles. The largest absolute Gasteiger partial charge is 0.459 e. The van der Waals surface area contributed by atoms with Gasteiger partial charge in [-0.1, -0.05) is 40.7 Å². The molecule has 57 heavy (non-hydrogen) atoms. The van der Waals surface area contributed by atoms with E-state index in [4.69, 9.17) is 42.6 Å². The minimum Gasteiger partial charge on any atom is -0.459 e. The molecule has 0 aromatic heterocycles. The van der Waals surface area contributed by atoms with Crippen LogP contribution in [-0.4, -0.2) is 121 Å². The number of ether oxygens (including phenoxy) is 9. The van der Waals surface area contributed by atoms with Crippen LogP contribution in [0.4, 0.5) is 0 Å². The fraction of sp³-hybridized carbons (Fsp3) is 0.725. The molecule has 2 saturated heterocycles. The van der Waals surface area contributed by atoms with Crippen molar-refractivity contribution < 1.29 is 81.3 Å². The van der Waals surface area contributed by atoms with Crippen LogP contribution in [0.3, 0.4) is 0 Å². The van der Waals surface area contributed by atoms with Crippen molar-refractivity contribution in [1.29, 1.82) is 0 Å². The maximum atomic E-state index is 13.7. The van der Waals surface area contributed by atoms with Gasteiger partial charge in [0.05, 0.1) is 24.5 Å². The number of carbonyl (C=O) groups is 7. The van der Waals surface area contributed by atoms with Gasteiger partial charge in [-0.2, -0.15) is 0 Å². The van der Waals surface area contributed by atoms with Crippen molar-refractivity contribution in [2.45, 2.75) is 130 Å². The summed E-state index contributed by atoms with van der Waals surface area (Å²) in [6, 6.07) is 0. The van der Waals surface area contributed by atoms with Crippen molar-refractivity contribution in [3.8, 4) is 0 Å². The average molecular weight is 809 g/mol. The Hall–Kier alpha value is -4.35. The summed E-state index contributed by atoms with van der Waals surface area (Å²) in [6.07, 6.45) is -5.57. The zero-order valence-corrected chi connectivity index (χ0v) is 34.2. The molecule has 17 heteroatoms. The fourth-order valence-electron chi connectivity index (χ4n) is 8.20. The number of aliphatic hydroxyl groups is 1. The van der Waals surface area contributed by atoms with E-state index in [0.717, 1.165) is 20.8 Å². The fourth-order valence-corrected chi connectivity index (χ4v) is 8.20. The Bertz CT molecular complexity index is 1630. The third kappa shape index (κ3) is 9.69. The van der Waals surface area contributed by atoms with Crippen molar-refractivity contribution in [2.75, 3.05) is 26.4 Å². The third-order valence-corrected chi connectivity index (χ3v) is 10.7. The molecule has 11 atom stereocenters. The van der Waals surface area contributed by atoms with Gasteiger partial charge in [0.15, 0.2) is 36.6 Å². The highest BCUT2D eigenvalue weighted by molar-refractivity contribution is 5.78. The zero-order valence-electron chi connectivity index (χ0n) is 34.2. The molecule has 4 aliphatic rings. The molecule has 1 saturated carbocycles. The Morgan fingerprint density at radius 2 is 1.42 bits per heavy atom. The minimum absolute atomic E-state index is 0.0140. The molecule has 2 aliphatic heterocycles. The van der Waals surface area contributed by atoms with Gasteiger partial charge in [0.25, 0.3) is 0 Å². The van der Waals surface area contributed by atoms with Crippen LogP contribution in [-0.2, 0) is 76.2 Å².